The number of ether oxygens (including phenoxy) is 1. The molecule has 8 nitrogen and oxygen atoms in total. The molecule has 0 spiro atoms. The van der Waals surface area contributed by atoms with E-state index in [2.05, 4.69) is 20.3 Å². The van der Waals surface area contributed by atoms with Crippen LogP contribution in [0, 0.1) is 17.0 Å². The third-order valence-corrected chi connectivity index (χ3v) is 4.91. The van der Waals surface area contributed by atoms with Crippen LogP contribution < -0.4 is 10.1 Å². The third kappa shape index (κ3) is 2.68. The molecule has 1 N–H and O–H groups in total. The molecule has 2 heterocycles. The maximum Gasteiger partial charge on any atom is 0.312 e. The summed E-state index contributed by atoms with van der Waals surface area (Å²) in [7, 11) is 1.40. The molecule has 26 heavy (non-hydrogen) atoms. The number of fused-ring (bicyclic) bond motifs is 3. The number of hydrogen-bond acceptors (Lipinski definition) is 8. The van der Waals surface area contributed by atoms with E-state index in [0.29, 0.717) is 11.5 Å². The molecule has 0 saturated heterocycles. The van der Waals surface area contributed by atoms with E-state index >= 15 is 0 Å². The van der Waals surface area contributed by atoms with E-state index in [4.69, 9.17) is 4.74 Å². The minimum Gasteiger partial charge on any atom is -0.490 e. The van der Waals surface area contributed by atoms with E-state index in [0.717, 1.165) is 26.1 Å². The molecule has 0 aliphatic rings. The Morgan fingerprint density at radius 3 is 2.77 bits per heavy atom. The van der Waals surface area contributed by atoms with E-state index in [1.54, 1.807) is 23.5 Å². The van der Waals surface area contributed by atoms with Gasteiger partial charge in [-0.15, -0.1) is 11.3 Å². The molecule has 4 aromatic rings. The van der Waals surface area contributed by atoms with Crippen LogP contribution in [0.15, 0.2) is 36.7 Å². The minimum absolute atomic E-state index is 0.116. The van der Waals surface area contributed by atoms with E-state index in [1.165, 1.54) is 19.5 Å². The molecule has 0 aliphatic heterocycles. The predicted octanol–water partition coefficient (Wildman–Crippen LogP) is 4.21. The van der Waals surface area contributed by atoms with Gasteiger partial charge in [0.25, 0.3) is 0 Å². The molecule has 0 radical (unpaired) electrons. The van der Waals surface area contributed by atoms with Crippen molar-refractivity contribution in [1.82, 2.24) is 15.0 Å². The maximum atomic E-state index is 11.2. The lowest BCUT2D eigenvalue weighted by Gasteiger charge is -2.10. The number of rotatable bonds is 4. The van der Waals surface area contributed by atoms with Crippen LogP contribution in [0.3, 0.4) is 0 Å². The summed E-state index contributed by atoms with van der Waals surface area (Å²) < 4.78 is 6.02. The fourth-order valence-corrected chi connectivity index (χ4v) is 3.75. The predicted molar refractivity (Wildman–Crippen MR) is 100 cm³/mol. The lowest BCUT2D eigenvalue weighted by molar-refractivity contribution is -0.385. The molecule has 0 fully saturated rings. The van der Waals surface area contributed by atoms with Crippen LogP contribution in [0.25, 0.3) is 21.1 Å². The molecule has 0 bridgehead atoms. The number of nitrogens with one attached hydrogen (secondary N) is 1. The summed E-state index contributed by atoms with van der Waals surface area (Å²) in [4.78, 5) is 23.9. The minimum atomic E-state index is -0.479. The van der Waals surface area contributed by atoms with Gasteiger partial charge in [0, 0.05) is 11.8 Å². The molecule has 9 heteroatoms. The highest BCUT2D eigenvalue weighted by atomic mass is 32.1. The van der Waals surface area contributed by atoms with Gasteiger partial charge in [-0.1, -0.05) is 0 Å². The molecule has 0 unspecified atom stereocenters. The SMILES string of the molecule is COc1ccc(Nc2ncnc3ccc4nc(C)sc4c23)cc1[N+](=O)[O-]. The number of thiazole rings is 1. The summed E-state index contributed by atoms with van der Waals surface area (Å²) in [6.45, 7) is 1.94. The van der Waals surface area contributed by atoms with Crippen molar-refractivity contribution in [3.8, 4) is 5.75 Å². The fraction of sp³-hybridized carbons (Fsp3) is 0.118. The Kier molecular flexibility index (Phi) is 3.85. The number of aromatic nitrogens is 3. The Morgan fingerprint density at radius 2 is 2.00 bits per heavy atom. The van der Waals surface area contributed by atoms with Gasteiger partial charge in [0.15, 0.2) is 5.75 Å². The topological polar surface area (TPSA) is 103 Å². The van der Waals surface area contributed by atoms with Crippen molar-refractivity contribution in [3.63, 3.8) is 0 Å². The molecule has 4 rings (SSSR count). The summed E-state index contributed by atoms with van der Waals surface area (Å²) in [6, 6.07) is 8.50. The molecule has 2 aromatic carbocycles. The Hall–Kier alpha value is -3.33. The van der Waals surface area contributed by atoms with E-state index in [9.17, 15) is 10.1 Å². The monoisotopic (exact) mass is 367 g/mol. The molecule has 2 aromatic heterocycles. The molecule has 0 atom stereocenters. The molecular formula is C17H13N5O3S. The Balaban J connectivity index is 1.86. The second-order valence-corrected chi connectivity index (χ2v) is 6.74. The number of methoxy groups -OCH3 is 1. The van der Waals surface area contributed by atoms with Crippen LogP contribution >= 0.6 is 11.3 Å². The average Bonchev–Trinajstić information content (AvgIpc) is 3.02. The Labute approximate surface area is 151 Å². The van der Waals surface area contributed by atoms with Crippen LogP contribution in [0.1, 0.15) is 5.01 Å². The first kappa shape index (κ1) is 16.2. The van der Waals surface area contributed by atoms with Gasteiger partial charge in [-0.2, -0.15) is 0 Å². The van der Waals surface area contributed by atoms with Crippen molar-refractivity contribution in [2.45, 2.75) is 6.92 Å². The van der Waals surface area contributed by atoms with Gasteiger partial charge in [-0.3, -0.25) is 10.1 Å². The van der Waals surface area contributed by atoms with Crippen molar-refractivity contribution in [2.24, 2.45) is 0 Å². The summed E-state index contributed by atoms with van der Waals surface area (Å²) in [5.41, 5.74) is 2.07. The van der Waals surface area contributed by atoms with Crippen LogP contribution in [0.2, 0.25) is 0 Å². The molecule has 0 aliphatic carbocycles. The van der Waals surface area contributed by atoms with Gasteiger partial charge >= 0.3 is 5.69 Å². The summed E-state index contributed by atoms with van der Waals surface area (Å²) in [5.74, 6) is 0.775. The highest BCUT2D eigenvalue weighted by Gasteiger charge is 2.17. The second-order valence-electron chi connectivity index (χ2n) is 5.53. The summed E-state index contributed by atoms with van der Waals surface area (Å²) in [6.07, 6.45) is 1.46. The average molecular weight is 367 g/mol. The number of nitrogens with zero attached hydrogens (tertiary/aromatic N) is 4. The lowest BCUT2D eigenvalue weighted by atomic mass is 10.2. The normalized spacial score (nSPS) is 11.0. The number of anilines is 2. The number of benzene rings is 2. The first-order chi connectivity index (χ1) is 12.6. The first-order valence-corrected chi connectivity index (χ1v) is 8.49. The zero-order chi connectivity index (χ0) is 18.3. The standard InChI is InChI=1S/C17H13N5O3S/c1-9-20-12-5-4-11-15(16(12)26-9)17(19-8-18-11)21-10-3-6-14(25-2)13(7-10)22(23)24/h3-8H,1-2H3,(H,18,19,21). The largest absolute Gasteiger partial charge is 0.490 e. The summed E-state index contributed by atoms with van der Waals surface area (Å²) >= 11 is 1.56. The van der Waals surface area contributed by atoms with Gasteiger partial charge in [0.1, 0.15) is 12.1 Å². The fourth-order valence-electron chi connectivity index (χ4n) is 2.78. The zero-order valence-electron chi connectivity index (χ0n) is 13.9. The summed E-state index contributed by atoms with van der Waals surface area (Å²) in [5, 5.41) is 16.2. The first-order valence-electron chi connectivity index (χ1n) is 7.67. The van der Waals surface area contributed by atoms with Gasteiger partial charge in [0.05, 0.1) is 38.2 Å². The van der Waals surface area contributed by atoms with Gasteiger partial charge < -0.3 is 10.1 Å². The Bertz CT molecular complexity index is 1160. The second kappa shape index (κ2) is 6.19. The number of aryl methyl sites for hydroxylation is 1. The van der Waals surface area contributed by atoms with Crippen LogP contribution in [0.5, 0.6) is 5.75 Å². The smallest absolute Gasteiger partial charge is 0.312 e. The van der Waals surface area contributed by atoms with Gasteiger partial charge in [-0.25, -0.2) is 15.0 Å². The van der Waals surface area contributed by atoms with Crippen LogP contribution in [-0.2, 0) is 0 Å². The lowest BCUT2D eigenvalue weighted by Crippen LogP contribution is -1.99. The highest BCUT2D eigenvalue weighted by molar-refractivity contribution is 7.19. The van der Waals surface area contributed by atoms with Crippen LogP contribution in [-0.4, -0.2) is 27.0 Å². The van der Waals surface area contributed by atoms with Crippen molar-refractivity contribution >= 4 is 49.6 Å². The van der Waals surface area contributed by atoms with Gasteiger partial charge in [-0.05, 0) is 31.2 Å². The maximum absolute atomic E-state index is 11.2. The third-order valence-electron chi connectivity index (χ3n) is 3.90. The number of nitro benzene ring substituents is 1. The van der Waals surface area contributed by atoms with E-state index < -0.39 is 4.92 Å². The molecule has 0 saturated carbocycles. The molecule has 0 amide bonds. The van der Waals surface area contributed by atoms with Crippen molar-refractivity contribution in [1.29, 1.82) is 0 Å². The molecular weight excluding hydrogens is 354 g/mol. The quantitative estimate of drug-likeness (QED) is 0.426. The Morgan fingerprint density at radius 1 is 1.19 bits per heavy atom. The van der Waals surface area contributed by atoms with E-state index in [-0.39, 0.29) is 11.4 Å². The van der Waals surface area contributed by atoms with Crippen molar-refractivity contribution < 1.29 is 9.66 Å². The highest BCUT2D eigenvalue weighted by Crippen LogP contribution is 2.35. The van der Waals surface area contributed by atoms with E-state index in [1.807, 2.05) is 19.1 Å². The van der Waals surface area contributed by atoms with Crippen molar-refractivity contribution in [2.75, 3.05) is 12.4 Å². The van der Waals surface area contributed by atoms with Crippen molar-refractivity contribution in [3.05, 3.63) is 51.8 Å². The number of hydrogen-bond donors (Lipinski definition) is 1. The number of nitro groups is 1. The van der Waals surface area contributed by atoms with Crippen LogP contribution in [0.4, 0.5) is 17.2 Å². The van der Waals surface area contributed by atoms with Gasteiger partial charge in [0.2, 0.25) is 0 Å². The zero-order valence-corrected chi connectivity index (χ0v) is 14.7. The molecule has 130 valence electrons.